The summed E-state index contributed by atoms with van der Waals surface area (Å²) >= 11 is 0. The van der Waals surface area contributed by atoms with Gasteiger partial charge in [0.2, 0.25) is 5.91 Å². The number of carbonyl (C=O) groups excluding carboxylic acids is 1. The molecule has 0 bridgehead atoms. The highest BCUT2D eigenvalue weighted by Crippen LogP contribution is 2.29. The quantitative estimate of drug-likeness (QED) is 0.868. The predicted molar refractivity (Wildman–Crippen MR) is 66.6 cm³/mol. The van der Waals surface area contributed by atoms with Crippen molar-refractivity contribution in [1.82, 2.24) is 15.1 Å². The van der Waals surface area contributed by atoms with E-state index in [-0.39, 0.29) is 11.9 Å². The number of nitrogens with zero attached hydrogens (tertiary/aromatic N) is 2. The average molecular weight is 235 g/mol. The minimum absolute atomic E-state index is 0.175. The number of amides is 1. The number of aryl methyl sites for hydroxylation is 1. The van der Waals surface area contributed by atoms with E-state index in [1.54, 1.807) is 0 Å². The molecule has 0 aromatic carbocycles. The highest BCUT2D eigenvalue weighted by molar-refractivity contribution is 5.76. The van der Waals surface area contributed by atoms with Crippen molar-refractivity contribution >= 4 is 5.91 Å². The molecule has 0 unspecified atom stereocenters. The number of carbonyl (C=O) groups is 1. The third-order valence-electron chi connectivity index (χ3n) is 3.47. The van der Waals surface area contributed by atoms with Crippen LogP contribution in [-0.4, -0.2) is 15.7 Å². The fourth-order valence-corrected chi connectivity index (χ4v) is 2.46. The number of fused-ring (bicyclic) bond motifs is 1. The maximum Gasteiger partial charge on any atom is 0.220 e. The second-order valence-electron chi connectivity index (χ2n) is 4.79. The Morgan fingerprint density at radius 3 is 3.24 bits per heavy atom. The van der Waals surface area contributed by atoms with Crippen molar-refractivity contribution in [3.05, 3.63) is 17.5 Å². The van der Waals surface area contributed by atoms with Gasteiger partial charge in [-0.3, -0.25) is 9.48 Å². The van der Waals surface area contributed by atoms with E-state index in [2.05, 4.69) is 17.3 Å². The van der Waals surface area contributed by atoms with Crippen molar-refractivity contribution < 1.29 is 4.79 Å². The standard InChI is InChI=1S/C13H21N3O/c1-3-4-8-13(17)15-11-6-5-7-12-10(11)9-14-16(12)2/h9,11H,3-8H2,1-2H3,(H,15,17)/t11-/m0/s1. The maximum absolute atomic E-state index is 11.7. The van der Waals surface area contributed by atoms with Gasteiger partial charge in [0.15, 0.2) is 0 Å². The van der Waals surface area contributed by atoms with Crippen molar-refractivity contribution in [1.29, 1.82) is 0 Å². The van der Waals surface area contributed by atoms with Crippen molar-refractivity contribution in [3.8, 4) is 0 Å². The smallest absolute Gasteiger partial charge is 0.220 e. The van der Waals surface area contributed by atoms with Gasteiger partial charge in [0.1, 0.15) is 0 Å². The number of hydrogen-bond acceptors (Lipinski definition) is 2. The number of hydrogen-bond donors (Lipinski definition) is 1. The van der Waals surface area contributed by atoms with Crippen molar-refractivity contribution in [2.75, 3.05) is 0 Å². The van der Waals surface area contributed by atoms with Gasteiger partial charge in [0, 0.05) is 24.7 Å². The lowest BCUT2D eigenvalue weighted by Gasteiger charge is -2.23. The molecule has 0 radical (unpaired) electrons. The van der Waals surface area contributed by atoms with Crippen molar-refractivity contribution in [2.45, 2.75) is 51.5 Å². The van der Waals surface area contributed by atoms with E-state index in [0.29, 0.717) is 6.42 Å². The summed E-state index contributed by atoms with van der Waals surface area (Å²) in [6.45, 7) is 2.10. The Kier molecular flexibility index (Phi) is 3.82. The summed E-state index contributed by atoms with van der Waals surface area (Å²) in [4.78, 5) is 11.7. The van der Waals surface area contributed by atoms with Crippen LogP contribution in [0, 0.1) is 0 Å². The Morgan fingerprint density at radius 2 is 2.47 bits per heavy atom. The minimum atomic E-state index is 0.175. The number of rotatable bonds is 4. The van der Waals surface area contributed by atoms with Gasteiger partial charge in [-0.15, -0.1) is 0 Å². The summed E-state index contributed by atoms with van der Waals surface area (Å²) in [5, 5.41) is 7.41. The van der Waals surface area contributed by atoms with Gasteiger partial charge < -0.3 is 5.32 Å². The molecule has 0 saturated heterocycles. The molecule has 2 rings (SSSR count). The summed E-state index contributed by atoms with van der Waals surface area (Å²) in [6.07, 6.45) is 7.82. The van der Waals surface area contributed by atoms with E-state index in [9.17, 15) is 4.79 Å². The van der Waals surface area contributed by atoms with Gasteiger partial charge in [0.25, 0.3) is 0 Å². The highest BCUT2D eigenvalue weighted by Gasteiger charge is 2.24. The van der Waals surface area contributed by atoms with E-state index in [1.807, 2.05) is 17.9 Å². The van der Waals surface area contributed by atoms with Gasteiger partial charge in [-0.1, -0.05) is 13.3 Å². The SMILES string of the molecule is CCCCC(=O)N[C@H]1CCCc2c1cnn2C. The van der Waals surface area contributed by atoms with E-state index < -0.39 is 0 Å². The first-order chi connectivity index (χ1) is 8.22. The second kappa shape index (κ2) is 5.34. The molecular weight excluding hydrogens is 214 g/mol. The zero-order valence-corrected chi connectivity index (χ0v) is 10.7. The van der Waals surface area contributed by atoms with Crippen LogP contribution < -0.4 is 5.32 Å². The zero-order valence-electron chi connectivity index (χ0n) is 10.7. The first kappa shape index (κ1) is 12.1. The summed E-state index contributed by atoms with van der Waals surface area (Å²) < 4.78 is 1.93. The lowest BCUT2D eigenvalue weighted by atomic mass is 9.93. The number of unbranched alkanes of at least 4 members (excludes halogenated alkanes) is 1. The molecule has 1 heterocycles. The van der Waals surface area contributed by atoms with Crippen LogP contribution in [0.5, 0.6) is 0 Å². The van der Waals surface area contributed by atoms with Crippen LogP contribution >= 0.6 is 0 Å². The molecule has 1 aliphatic rings. The molecule has 1 N–H and O–H groups in total. The summed E-state index contributed by atoms with van der Waals surface area (Å²) in [7, 11) is 1.97. The molecule has 1 amide bonds. The molecule has 0 fully saturated rings. The predicted octanol–water partition coefficient (Wildman–Crippen LogP) is 2.10. The lowest BCUT2D eigenvalue weighted by Crippen LogP contribution is -2.30. The Morgan fingerprint density at radius 1 is 1.65 bits per heavy atom. The first-order valence-corrected chi connectivity index (χ1v) is 6.52. The fourth-order valence-electron chi connectivity index (χ4n) is 2.46. The summed E-state index contributed by atoms with van der Waals surface area (Å²) in [6, 6.07) is 0.178. The van der Waals surface area contributed by atoms with E-state index in [0.717, 1.165) is 32.1 Å². The molecule has 1 atom stereocenters. The molecule has 1 aliphatic carbocycles. The topological polar surface area (TPSA) is 46.9 Å². The third-order valence-corrected chi connectivity index (χ3v) is 3.47. The molecular formula is C13H21N3O. The minimum Gasteiger partial charge on any atom is -0.349 e. The zero-order chi connectivity index (χ0) is 12.3. The molecule has 1 aromatic rings. The largest absolute Gasteiger partial charge is 0.349 e. The van der Waals surface area contributed by atoms with Gasteiger partial charge in [-0.25, -0.2) is 0 Å². The molecule has 17 heavy (non-hydrogen) atoms. The van der Waals surface area contributed by atoms with Gasteiger partial charge in [-0.2, -0.15) is 5.10 Å². The van der Waals surface area contributed by atoms with Gasteiger partial charge >= 0.3 is 0 Å². The van der Waals surface area contributed by atoms with Crippen molar-refractivity contribution in [2.24, 2.45) is 7.05 Å². The number of nitrogens with one attached hydrogen (secondary N) is 1. The number of aromatic nitrogens is 2. The lowest BCUT2D eigenvalue weighted by molar-refractivity contribution is -0.122. The van der Waals surface area contributed by atoms with Crippen LogP contribution in [0.2, 0.25) is 0 Å². The van der Waals surface area contributed by atoms with Crippen molar-refractivity contribution in [3.63, 3.8) is 0 Å². The monoisotopic (exact) mass is 235 g/mol. The third kappa shape index (κ3) is 2.68. The van der Waals surface area contributed by atoms with E-state index >= 15 is 0 Å². The van der Waals surface area contributed by atoms with Crippen LogP contribution in [0.15, 0.2) is 6.20 Å². The molecule has 0 aliphatic heterocycles. The van der Waals surface area contributed by atoms with Crippen LogP contribution in [0.25, 0.3) is 0 Å². The molecule has 94 valence electrons. The van der Waals surface area contributed by atoms with Crippen LogP contribution in [0.1, 0.15) is 56.3 Å². The summed E-state index contributed by atoms with van der Waals surface area (Å²) in [5.41, 5.74) is 2.49. The molecule has 1 aromatic heterocycles. The Bertz CT molecular complexity index is 397. The van der Waals surface area contributed by atoms with Crippen LogP contribution in [0.4, 0.5) is 0 Å². The highest BCUT2D eigenvalue weighted by atomic mass is 16.1. The Labute approximate surface area is 102 Å². The summed E-state index contributed by atoms with van der Waals surface area (Å²) in [5.74, 6) is 0.175. The molecule has 0 saturated carbocycles. The van der Waals surface area contributed by atoms with Crippen LogP contribution in [-0.2, 0) is 18.3 Å². The average Bonchev–Trinajstić information content (AvgIpc) is 2.70. The fraction of sp³-hybridized carbons (Fsp3) is 0.692. The van der Waals surface area contributed by atoms with E-state index in [4.69, 9.17) is 0 Å². The second-order valence-corrected chi connectivity index (χ2v) is 4.79. The van der Waals surface area contributed by atoms with Crippen LogP contribution in [0.3, 0.4) is 0 Å². The molecule has 0 spiro atoms. The molecule has 4 nitrogen and oxygen atoms in total. The van der Waals surface area contributed by atoms with Gasteiger partial charge in [0.05, 0.1) is 12.2 Å². The first-order valence-electron chi connectivity index (χ1n) is 6.52. The Hall–Kier alpha value is -1.32. The van der Waals surface area contributed by atoms with E-state index in [1.165, 1.54) is 11.3 Å². The molecule has 4 heteroatoms. The maximum atomic E-state index is 11.7. The van der Waals surface area contributed by atoms with Gasteiger partial charge in [-0.05, 0) is 25.7 Å². The normalized spacial score (nSPS) is 18.8. The Balaban J connectivity index is 2.01.